The molecule has 0 atom stereocenters. The number of pyridine rings is 1. The van der Waals surface area contributed by atoms with E-state index in [1.807, 2.05) is 36.4 Å². The zero-order valence-electron chi connectivity index (χ0n) is 19.3. The molecule has 180 valence electrons. The first kappa shape index (κ1) is 24.3. The molecule has 0 aliphatic rings. The highest BCUT2D eigenvalue weighted by molar-refractivity contribution is 9.10. The van der Waals surface area contributed by atoms with Crippen molar-refractivity contribution >= 4 is 55.5 Å². The van der Waals surface area contributed by atoms with Crippen molar-refractivity contribution in [3.05, 3.63) is 105 Å². The molecule has 5 nitrogen and oxygen atoms in total. The van der Waals surface area contributed by atoms with Crippen molar-refractivity contribution in [2.75, 3.05) is 12.4 Å². The van der Waals surface area contributed by atoms with Crippen LogP contribution in [0.25, 0.3) is 33.1 Å². The van der Waals surface area contributed by atoms with Gasteiger partial charge < -0.3 is 9.15 Å². The molecule has 0 radical (unpaired) electrons. The Hall–Kier alpha value is -3.42. The summed E-state index contributed by atoms with van der Waals surface area (Å²) < 4.78 is 11.6. The molecule has 0 aliphatic carbocycles. The Kier molecular flexibility index (Phi) is 7.49. The van der Waals surface area contributed by atoms with E-state index >= 15 is 0 Å². The molecule has 36 heavy (non-hydrogen) atoms. The standard InChI is InChI=1S/C29H22BrNO4S/c30-21-10-7-9-19(16-21)25-18-27(22-11-2-3-12-24(22)31-25)36-15-6-5-14-34-28(32)23-17-20-8-1-4-13-26(20)35-29(23)33/h1-4,7-13,16-18H,5-6,14-15H2. The van der Waals surface area contributed by atoms with Crippen LogP contribution in [-0.2, 0) is 4.74 Å². The van der Waals surface area contributed by atoms with Crippen LogP contribution >= 0.6 is 27.7 Å². The van der Waals surface area contributed by atoms with Crippen LogP contribution in [0, 0.1) is 0 Å². The van der Waals surface area contributed by atoms with Gasteiger partial charge in [-0.15, -0.1) is 11.8 Å². The first-order valence-electron chi connectivity index (χ1n) is 11.6. The highest BCUT2D eigenvalue weighted by atomic mass is 79.9. The summed E-state index contributed by atoms with van der Waals surface area (Å²) in [5, 5.41) is 1.81. The zero-order chi connectivity index (χ0) is 24.9. The quantitative estimate of drug-likeness (QED) is 0.0848. The number of hydrogen-bond acceptors (Lipinski definition) is 6. The Balaban J connectivity index is 1.19. The average molecular weight is 560 g/mol. The number of aromatic nitrogens is 1. The molecule has 3 aromatic carbocycles. The number of nitrogens with zero attached hydrogens (tertiary/aromatic N) is 1. The minimum atomic E-state index is -0.680. The maximum Gasteiger partial charge on any atom is 0.351 e. The second kappa shape index (κ2) is 11.1. The second-order valence-corrected chi connectivity index (χ2v) is 10.3. The van der Waals surface area contributed by atoms with Crippen LogP contribution in [0.15, 0.2) is 104 Å². The number of halogens is 1. The van der Waals surface area contributed by atoms with Gasteiger partial charge in [-0.2, -0.15) is 0 Å². The van der Waals surface area contributed by atoms with Crippen molar-refractivity contribution in [2.45, 2.75) is 17.7 Å². The Bertz CT molecular complexity index is 1610. The number of hydrogen-bond donors (Lipinski definition) is 0. The van der Waals surface area contributed by atoms with Crippen LogP contribution in [0.4, 0.5) is 0 Å². The zero-order valence-corrected chi connectivity index (χ0v) is 21.7. The summed E-state index contributed by atoms with van der Waals surface area (Å²) in [7, 11) is 0. The number of benzene rings is 3. The van der Waals surface area contributed by atoms with Gasteiger partial charge in [-0.1, -0.05) is 64.5 Å². The summed E-state index contributed by atoms with van der Waals surface area (Å²) in [6.45, 7) is 0.242. The maximum atomic E-state index is 12.4. The number of para-hydroxylation sites is 2. The van der Waals surface area contributed by atoms with Crippen molar-refractivity contribution in [1.82, 2.24) is 4.98 Å². The van der Waals surface area contributed by atoms with E-state index in [0.717, 1.165) is 38.8 Å². The molecule has 5 aromatic rings. The van der Waals surface area contributed by atoms with E-state index in [4.69, 9.17) is 14.1 Å². The van der Waals surface area contributed by atoms with Crippen LogP contribution in [0.5, 0.6) is 0 Å². The molecule has 0 N–H and O–H groups in total. The number of unbranched alkanes of at least 4 members (excludes halogenated alkanes) is 1. The van der Waals surface area contributed by atoms with E-state index in [2.05, 4.69) is 40.2 Å². The lowest BCUT2D eigenvalue weighted by molar-refractivity contribution is 0.0495. The predicted molar refractivity (Wildman–Crippen MR) is 148 cm³/mol. The summed E-state index contributed by atoms with van der Waals surface area (Å²) in [6.07, 6.45) is 1.55. The summed E-state index contributed by atoms with van der Waals surface area (Å²) >= 11 is 5.31. The smallest absolute Gasteiger partial charge is 0.351 e. The number of carbonyl (C=O) groups is 1. The lowest BCUT2D eigenvalue weighted by atomic mass is 10.1. The van der Waals surface area contributed by atoms with E-state index in [1.54, 1.807) is 30.0 Å². The van der Waals surface area contributed by atoms with Gasteiger partial charge in [0.1, 0.15) is 11.1 Å². The molecule has 0 bridgehead atoms. The van der Waals surface area contributed by atoms with Crippen molar-refractivity contribution < 1.29 is 13.9 Å². The van der Waals surface area contributed by atoms with Crippen LogP contribution in [-0.4, -0.2) is 23.3 Å². The fourth-order valence-electron chi connectivity index (χ4n) is 3.89. The summed E-state index contributed by atoms with van der Waals surface area (Å²) in [5.74, 6) is 0.211. The number of carbonyl (C=O) groups excluding carboxylic acids is 1. The third kappa shape index (κ3) is 5.53. The fourth-order valence-corrected chi connectivity index (χ4v) is 5.38. The fraction of sp³-hybridized carbons (Fsp3) is 0.138. The van der Waals surface area contributed by atoms with Crippen molar-refractivity contribution in [2.24, 2.45) is 0 Å². The molecule has 0 amide bonds. The number of ether oxygens (including phenoxy) is 1. The van der Waals surface area contributed by atoms with Gasteiger partial charge in [0.2, 0.25) is 0 Å². The van der Waals surface area contributed by atoms with Crippen LogP contribution in [0.1, 0.15) is 23.2 Å². The van der Waals surface area contributed by atoms with Crippen LogP contribution in [0.3, 0.4) is 0 Å². The van der Waals surface area contributed by atoms with E-state index in [9.17, 15) is 9.59 Å². The van der Waals surface area contributed by atoms with Gasteiger partial charge in [-0.05, 0) is 55.0 Å². The minimum Gasteiger partial charge on any atom is -0.462 e. The lowest BCUT2D eigenvalue weighted by Gasteiger charge is -2.10. The number of esters is 1. The highest BCUT2D eigenvalue weighted by Gasteiger charge is 2.15. The van der Waals surface area contributed by atoms with Gasteiger partial charge in [0.15, 0.2) is 0 Å². The topological polar surface area (TPSA) is 69.4 Å². The van der Waals surface area contributed by atoms with Crippen molar-refractivity contribution in [3.63, 3.8) is 0 Å². The molecule has 0 unspecified atom stereocenters. The molecular weight excluding hydrogens is 538 g/mol. The van der Waals surface area contributed by atoms with Crippen molar-refractivity contribution in [3.8, 4) is 11.3 Å². The summed E-state index contributed by atoms with van der Waals surface area (Å²) in [4.78, 5) is 30.6. The Labute approximate surface area is 220 Å². The van der Waals surface area contributed by atoms with Gasteiger partial charge in [-0.3, -0.25) is 0 Å². The molecule has 0 saturated carbocycles. The first-order valence-corrected chi connectivity index (χ1v) is 13.3. The van der Waals surface area contributed by atoms with Crippen LogP contribution < -0.4 is 5.63 Å². The molecule has 0 aliphatic heterocycles. The Morgan fingerprint density at radius 2 is 1.78 bits per heavy atom. The second-order valence-electron chi connectivity index (χ2n) is 8.21. The van der Waals surface area contributed by atoms with Crippen LogP contribution in [0.2, 0.25) is 0 Å². The van der Waals surface area contributed by atoms with Gasteiger partial charge in [0.05, 0.1) is 17.8 Å². The first-order chi connectivity index (χ1) is 17.6. The number of rotatable bonds is 8. The number of fused-ring (bicyclic) bond motifs is 2. The van der Waals surface area contributed by atoms with E-state index in [1.165, 1.54) is 11.0 Å². The monoisotopic (exact) mass is 559 g/mol. The molecule has 5 rings (SSSR count). The molecule has 0 fully saturated rings. The van der Waals surface area contributed by atoms with Gasteiger partial charge in [-0.25, -0.2) is 14.6 Å². The van der Waals surface area contributed by atoms with Gasteiger partial charge in [0.25, 0.3) is 0 Å². The van der Waals surface area contributed by atoms with Gasteiger partial charge >= 0.3 is 11.6 Å². The summed E-state index contributed by atoms with van der Waals surface area (Å²) in [6, 6.07) is 27.0. The molecule has 0 spiro atoms. The number of thioether (sulfide) groups is 1. The average Bonchev–Trinajstić information content (AvgIpc) is 2.89. The lowest BCUT2D eigenvalue weighted by Crippen LogP contribution is -2.17. The normalized spacial score (nSPS) is 11.1. The highest BCUT2D eigenvalue weighted by Crippen LogP contribution is 2.32. The molecule has 0 saturated heterocycles. The van der Waals surface area contributed by atoms with E-state index < -0.39 is 11.6 Å². The predicted octanol–water partition coefficient (Wildman–Crippen LogP) is 7.50. The molecule has 2 heterocycles. The third-order valence-electron chi connectivity index (χ3n) is 5.69. The van der Waals surface area contributed by atoms with Crippen molar-refractivity contribution in [1.29, 1.82) is 0 Å². The maximum absolute atomic E-state index is 12.4. The molecule has 2 aromatic heterocycles. The molecule has 7 heteroatoms. The van der Waals surface area contributed by atoms with E-state index in [0.29, 0.717) is 17.4 Å². The molecular formula is C29H22BrNO4S. The third-order valence-corrected chi connectivity index (χ3v) is 7.32. The SMILES string of the molecule is O=C(OCCCCSc1cc(-c2cccc(Br)c2)nc2ccccc12)c1cc2ccccc2oc1=O. The summed E-state index contributed by atoms with van der Waals surface area (Å²) in [5.41, 5.74) is 2.64. The largest absolute Gasteiger partial charge is 0.462 e. The minimum absolute atomic E-state index is 0.0774. The van der Waals surface area contributed by atoms with E-state index in [-0.39, 0.29) is 12.2 Å². The Morgan fingerprint density at radius 1 is 0.944 bits per heavy atom. The van der Waals surface area contributed by atoms with Gasteiger partial charge in [0, 0.05) is 25.7 Å². The Morgan fingerprint density at radius 3 is 2.67 bits per heavy atom.